The summed E-state index contributed by atoms with van der Waals surface area (Å²) in [6.45, 7) is 8.57. The molecule has 0 aromatic heterocycles. The summed E-state index contributed by atoms with van der Waals surface area (Å²) >= 11 is 0. The maximum atomic E-state index is 15.8. The number of fused-ring (bicyclic) bond motifs is 1. The SMILES string of the molecule is CCCOc1ccc([C@H]2C(C(=O)O)[C@@H](c3ccc4c(c3C)OCO4)CN2CC(=O)Nc2c(CC)cccc2CC)c(F)c1. The Hall–Kier alpha value is -4.11. The molecule has 1 amide bonds. The fourth-order valence-corrected chi connectivity index (χ4v) is 6.43. The predicted molar refractivity (Wildman–Crippen MR) is 161 cm³/mol. The van der Waals surface area contributed by atoms with Gasteiger partial charge in [-0.1, -0.05) is 51.1 Å². The van der Waals surface area contributed by atoms with E-state index in [0.29, 0.717) is 23.9 Å². The molecule has 0 bridgehead atoms. The number of anilines is 1. The maximum absolute atomic E-state index is 15.8. The second-order valence-electron chi connectivity index (χ2n) is 11.1. The van der Waals surface area contributed by atoms with Crippen LogP contribution in [0.3, 0.4) is 0 Å². The Balaban J connectivity index is 1.53. The van der Waals surface area contributed by atoms with Crippen molar-refractivity contribution in [3.63, 3.8) is 0 Å². The molecule has 2 aliphatic heterocycles. The molecular formula is C34H39FN2O6. The van der Waals surface area contributed by atoms with Gasteiger partial charge in [0.05, 0.1) is 25.1 Å². The van der Waals surface area contributed by atoms with Crippen LogP contribution in [0.25, 0.3) is 0 Å². The Bertz CT molecular complexity index is 1490. The van der Waals surface area contributed by atoms with Crippen LogP contribution < -0.4 is 19.5 Å². The van der Waals surface area contributed by atoms with Gasteiger partial charge in [0.15, 0.2) is 11.5 Å². The monoisotopic (exact) mass is 590 g/mol. The van der Waals surface area contributed by atoms with Gasteiger partial charge in [-0.25, -0.2) is 4.39 Å². The Labute approximate surface area is 251 Å². The van der Waals surface area contributed by atoms with Crippen LogP contribution in [0.4, 0.5) is 10.1 Å². The number of nitrogens with one attached hydrogen (secondary N) is 1. The molecule has 0 saturated carbocycles. The number of aliphatic carboxylic acids is 1. The summed E-state index contributed by atoms with van der Waals surface area (Å²) in [5, 5.41) is 13.7. The molecular weight excluding hydrogens is 551 g/mol. The van der Waals surface area contributed by atoms with Crippen LogP contribution in [-0.4, -0.2) is 48.4 Å². The molecule has 1 fully saturated rings. The zero-order chi connectivity index (χ0) is 30.7. The number of carboxylic acid groups (broad SMARTS) is 1. The lowest BCUT2D eigenvalue weighted by Crippen LogP contribution is -2.35. The molecule has 0 spiro atoms. The van der Waals surface area contributed by atoms with Gasteiger partial charge in [0.1, 0.15) is 11.6 Å². The Morgan fingerprint density at radius 2 is 1.77 bits per heavy atom. The fourth-order valence-electron chi connectivity index (χ4n) is 6.43. The molecule has 2 heterocycles. The van der Waals surface area contributed by atoms with Crippen molar-refractivity contribution in [3.8, 4) is 17.2 Å². The van der Waals surface area contributed by atoms with Crippen LogP contribution in [0, 0.1) is 18.7 Å². The Morgan fingerprint density at radius 1 is 1.05 bits per heavy atom. The van der Waals surface area contributed by atoms with Crippen molar-refractivity contribution >= 4 is 17.6 Å². The number of likely N-dealkylation sites (tertiary alicyclic amines) is 1. The summed E-state index contributed by atoms with van der Waals surface area (Å²) in [6, 6.07) is 13.2. The van der Waals surface area contributed by atoms with Gasteiger partial charge < -0.3 is 24.6 Å². The maximum Gasteiger partial charge on any atom is 0.309 e. The number of rotatable bonds is 11. The third-order valence-corrected chi connectivity index (χ3v) is 8.49. The highest BCUT2D eigenvalue weighted by atomic mass is 19.1. The topological polar surface area (TPSA) is 97.3 Å². The number of carbonyl (C=O) groups excluding carboxylic acids is 1. The number of ether oxygens (including phenoxy) is 3. The molecule has 9 heteroatoms. The highest BCUT2D eigenvalue weighted by Crippen LogP contribution is 2.50. The third kappa shape index (κ3) is 6.04. The number of benzene rings is 3. The molecule has 228 valence electrons. The minimum atomic E-state index is -1.06. The Morgan fingerprint density at radius 3 is 2.42 bits per heavy atom. The first-order valence-electron chi connectivity index (χ1n) is 15.0. The summed E-state index contributed by atoms with van der Waals surface area (Å²) in [7, 11) is 0. The molecule has 3 atom stereocenters. The molecule has 0 radical (unpaired) electrons. The van der Waals surface area contributed by atoms with Crippen molar-refractivity contribution in [1.82, 2.24) is 4.90 Å². The summed E-state index contributed by atoms with van der Waals surface area (Å²) in [5.41, 5.74) is 4.61. The van der Waals surface area contributed by atoms with E-state index in [4.69, 9.17) is 14.2 Å². The number of carbonyl (C=O) groups is 2. The van der Waals surface area contributed by atoms with Crippen molar-refractivity contribution in [1.29, 1.82) is 0 Å². The first kappa shape index (κ1) is 30.4. The number of amides is 1. The van der Waals surface area contributed by atoms with Gasteiger partial charge >= 0.3 is 5.97 Å². The van der Waals surface area contributed by atoms with E-state index in [9.17, 15) is 14.7 Å². The fraction of sp³-hybridized carbons (Fsp3) is 0.412. The number of halogens is 1. The van der Waals surface area contributed by atoms with E-state index in [1.807, 2.05) is 52.0 Å². The quantitative estimate of drug-likeness (QED) is 0.272. The highest BCUT2D eigenvalue weighted by Gasteiger charge is 2.49. The lowest BCUT2D eigenvalue weighted by molar-refractivity contribution is -0.143. The minimum absolute atomic E-state index is 0.0955. The number of hydrogen-bond donors (Lipinski definition) is 2. The number of aryl methyl sites for hydroxylation is 2. The Kier molecular flexibility index (Phi) is 9.20. The van der Waals surface area contributed by atoms with Gasteiger partial charge in [0, 0.05) is 29.8 Å². The zero-order valence-corrected chi connectivity index (χ0v) is 25.1. The summed E-state index contributed by atoms with van der Waals surface area (Å²) in [6.07, 6.45) is 2.27. The normalized spacial score (nSPS) is 19.4. The minimum Gasteiger partial charge on any atom is -0.494 e. The lowest BCUT2D eigenvalue weighted by Gasteiger charge is -2.27. The van der Waals surface area contributed by atoms with E-state index < -0.39 is 29.7 Å². The molecule has 0 aliphatic carbocycles. The van der Waals surface area contributed by atoms with E-state index in [1.165, 1.54) is 6.07 Å². The smallest absolute Gasteiger partial charge is 0.309 e. The van der Waals surface area contributed by atoms with Gasteiger partial charge in [-0.3, -0.25) is 14.5 Å². The molecule has 3 aromatic carbocycles. The highest BCUT2D eigenvalue weighted by molar-refractivity contribution is 5.94. The summed E-state index contributed by atoms with van der Waals surface area (Å²) in [4.78, 5) is 28.4. The van der Waals surface area contributed by atoms with E-state index in [2.05, 4.69) is 5.32 Å². The van der Waals surface area contributed by atoms with Gasteiger partial charge in [-0.05, 0) is 60.6 Å². The average molecular weight is 591 g/mol. The number of nitrogens with zero attached hydrogens (tertiary/aromatic N) is 1. The van der Waals surface area contributed by atoms with E-state index >= 15 is 4.39 Å². The van der Waals surface area contributed by atoms with Crippen LogP contribution in [-0.2, 0) is 22.4 Å². The van der Waals surface area contributed by atoms with Gasteiger partial charge in [0.25, 0.3) is 0 Å². The first-order valence-corrected chi connectivity index (χ1v) is 15.0. The molecule has 1 saturated heterocycles. The third-order valence-electron chi connectivity index (χ3n) is 8.49. The van der Waals surface area contributed by atoms with Crippen molar-refractivity contribution in [3.05, 3.63) is 82.2 Å². The van der Waals surface area contributed by atoms with Crippen LogP contribution in [0.5, 0.6) is 17.2 Å². The van der Waals surface area contributed by atoms with Gasteiger partial charge in [-0.15, -0.1) is 0 Å². The molecule has 43 heavy (non-hydrogen) atoms. The predicted octanol–water partition coefficient (Wildman–Crippen LogP) is 6.26. The molecule has 1 unspecified atom stereocenters. The van der Waals surface area contributed by atoms with Gasteiger partial charge in [-0.2, -0.15) is 0 Å². The molecule has 2 N–H and O–H groups in total. The number of hydrogen-bond acceptors (Lipinski definition) is 6. The van der Waals surface area contributed by atoms with Crippen LogP contribution in [0.2, 0.25) is 0 Å². The van der Waals surface area contributed by atoms with Crippen molar-refractivity contribution in [2.45, 2.75) is 58.9 Å². The standard InChI is InChI=1S/C34H39FN2O6/c1-5-15-41-23-11-12-25(27(35)16-23)32-30(34(39)40)26(24-13-14-28-33(20(24)4)43-19-42-28)17-37(32)18-29(38)36-31-21(6-2)9-8-10-22(31)7-3/h8-14,16,26,30,32H,5-7,15,17-19H2,1-4H3,(H,36,38)(H,39,40)/t26-,30?,32+/m1/s1. The van der Waals surface area contributed by atoms with E-state index in [1.54, 1.807) is 23.1 Å². The van der Waals surface area contributed by atoms with Crippen molar-refractivity contribution in [2.24, 2.45) is 5.92 Å². The number of para-hydroxylation sites is 1. The average Bonchev–Trinajstić information content (AvgIpc) is 3.62. The largest absolute Gasteiger partial charge is 0.494 e. The lowest BCUT2D eigenvalue weighted by atomic mass is 9.81. The number of carboxylic acids is 1. The molecule has 5 rings (SSSR count). The molecule has 3 aromatic rings. The van der Waals surface area contributed by atoms with Crippen molar-refractivity contribution in [2.75, 3.05) is 31.8 Å². The summed E-state index contributed by atoms with van der Waals surface area (Å²) in [5.74, 6) is -1.91. The molecule has 2 aliphatic rings. The second kappa shape index (κ2) is 13.0. The summed E-state index contributed by atoms with van der Waals surface area (Å²) < 4.78 is 32.6. The van der Waals surface area contributed by atoms with E-state index in [0.717, 1.165) is 47.2 Å². The zero-order valence-electron chi connectivity index (χ0n) is 25.1. The van der Waals surface area contributed by atoms with Crippen LogP contribution >= 0.6 is 0 Å². The van der Waals surface area contributed by atoms with Crippen LogP contribution in [0.1, 0.15) is 67.0 Å². The molecule has 8 nitrogen and oxygen atoms in total. The van der Waals surface area contributed by atoms with Crippen LogP contribution in [0.15, 0.2) is 48.5 Å². The second-order valence-corrected chi connectivity index (χ2v) is 11.1. The van der Waals surface area contributed by atoms with Gasteiger partial charge in [0.2, 0.25) is 12.7 Å². The van der Waals surface area contributed by atoms with Crippen molar-refractivity contribution < 1.29 is 33.3 Å². The first-order chi connectivity index (χ1) is 20.8. The van der Waals surface area contributed by atoms with E-state index in [-0.39, 0.29) is 31.4 Å².